The lowest BCUT2D eigenvalue weighted by molar-refractivity contribution is -0.131. The highest BCUT2D eigenvalue weighted by Gasteiger charge is 2.22. The minimum Gasteiger partial charge on any atom is -0.370 e. The van der Waals surface area contributed by atoms with E-state index in [0.717, 1.165) is 0 Å². The molecule has 0 fully saturated rings. The van der Waals surface area contributed by atoms with Gasteiger partial charge in [0.1, 0.15) is 12.1 Å². The summed E-state index contributed by atoms with van der Waals surface area (Å²) in [5.74, 6) is -1.97. The maximum atomic E-state index is 12.2. The third kappa shape index (κ3) is 12.2. The normalized spacial score (nSPS) is 12.6. The third-order valence-corrected chi connectivity index (χ3v) is 3.45. The lowest BCUT2D eigenvalue weighted by Crippen LogP contribution is -2.51. The molecule has 2 atom stereocenters. The molecular weight excluding hydrogens is 354 g/mol. The van der Waals surface area contributed by atoms with Crippen LogP contribution in [0, 0.1) is 5.92 Å². The molecule has 0 saturated heterocycles. The fourth-order valence-electron chi connectivity index (χ4n) is 2.27. The van der Waals surface area contributed by atoms with Gasteiger partial charge in [-0.15, -0.1) is 0 Å². The Morgan fingerprint density at radius 3 is 2.11 bits per heavy atom. The Morgan fingerprint density at radius 1 is 1.00 bits per heavy atom. The summed E-state index contributed by atoms with van der Waals surface area (Å²) in [7, 11) is 0. The van der Waals surface area contributed by atoms with Gasteiger partial charge in [-0.2, -0.15) is 0 Å². The maximum Gasteiger partial charge on any atom is 0.243 e. The molecule has 0 aliphatic rings. The number of rotatable bonds is 12. The molecule has 11 heteroatoms. The van der Waals surface area contributed by atoms with Crippen molar-refractivity contribution >= 4 is 29.6 Å². The summed E-state index contributed by atoms with van der Waals surface area (Å²) in [6.07, 6.45) is 1.13. The molecule has 0 aliphatic heterocycles. The minimum absolute atomic E-state index is 0.0625. The fraction of sp³-hybridized carbons (Fsp3) is 0.688. The first-order chi connectivity index (χ1) is 12.5. The van der Waals surface area contributed by atoms with Gasteiger partial charge in [-0.25, -0.2) is 0 Å². The van der Waals surface area contributed by atoms with E-state index in [-0.39, 0.29) is 30.8 Å². The number of hydrogen-bond acceptors (Lipinski definition) is 5. The van der Waals surface area contributed by atoms with Crippen LogP contribution >= 0.6 is 0 Å². The number of amides is 4. The second-order valence-corrected chi connectivity index (χ2v) is 6.57. The van der Waals surface area contributed by atoms with Gasteiger partial charge in [0.15, 0.2) is 5.96 Å². The Bertz CT molecular complexity index is 559. The van der Waals surface area contributed by atoms with Gasteiger partial charge < -0.3 is 33.2 Å². The average molecular weight is 385 g/mol. The largest absolute Gasteiger partial charge is 0.370 e. The number of guanidine groups is 1. The topological polar surface area (TPSA) is 195 Å². The van der Waals surface area contributed by atoms with Crippen molar-refractivity contribution in [3.8, 4) is 0 Å². The molecule has 4 amide bonds. The number of nitrogens with two attached hydrogens (primary N) is 3. The Labute approximate surface area is 158 Å². The van der Waals surface area contributed by atoms with Gasteiger partial charge in [-0.1, -0.05) is 13.8 Å². The predicted molar refractivity (Wildman–Crippen MR) is 101 cm³/mol. The van der Waals surface area contributed by atoms with Crippen molar-refractivity contribution in [2.75, 3.05) is 13.1 Å². The van der Waals surface area contributed by atoms with Gasteiger partial charge in [-0.3, -0.25) is 24.2 Å². The highest BCUT2D eigenvalue weighted by molar-refractivity contribution is 5.91. The van der Waals surface area contributed by atoms with Crippen LogP contribution < -0.4 is 33.2 Å². The van der Waals surface area contributed by atoms with E-state index in [1.54, 1.807) is 0 Å². The predicted octanol–water partition coefficient (Wildman–Crippen LogP) is -2.32. The summed E-state index contributed by atoms with van der Waals surface area (Å²) in [5.41, 5.74) is 15.7. The number of hydrogen-bond donors (Lipinski definition) is 6. The smallest absolute Gasteiger partial charge is 0.243 e. The third-order valence-electron chi connectivity index (χ3n) is 3.45. The number of nitrogens with one attached hydrogen (secondary N) is 3. The lowest BCUT2D eigenvalue weighted by atomic mass is 10.0. The van der Waals surface area contributed by atoms with Gasteiger partial charge >= 0.3 is 0 Å². The lowest BCUT2D eigenvalue weighted by Gasteiger charge is -2.20. The Balaban J connectivity index is 4.53. The quantitative estimate of drug-likeness (QED) is 0.124. The molecule has 0 spiro atoms. The van der Waals surface area contributed by atoms with Gasteiger partial charge in [-0.05, 0) is 25.2 Å². The van der Waals surface area contributed by atoms with E-state index in [1.165, 1.54) is 6.92 Å². The van der Waals surface area contributed by atoms with Crippen LogP contribution in [0.4, 0.5) is 0 Å². The zero-order chi connectivity index (χ0) is 21.0. The zero-order valence-electron chi connectivity index (χ0n) is 16.1. The van der Waals surface area contributed by atoms with Crippen molar-refractivity contribution < 1.29 is 19.2 Å². The van der Waals surface area contributed by atoms with E-state index in [2.05, 4.69) is 20.9 Å². The Kier molecular flexibility index (Phi) is 11.2. The highest BCUT2D eigenvalue weighted by atomic mass is 16.2. The van der Waals surface area contributed by atoms with Gasteiger partial charge in [0.25, 0.3) is 0 Å². The molecule has 0 rings (SSSR count). The van der Waals surface area contributed by atoms with E-state index >= 15 is 0 Å². The van der Waals surface area contributed by atoms with Gasteiger partial charge in [0, 0.05) is 13.5 Å². The van der Waals surface area contributed by atoms with E-state index in [0.29, 0.717) is 19.4 Å². The van der Waals surface area contributed by atoms with Crippen LogP contribution in [-0.4, -0.2) is 54.8 Å². The monoisotopic (exact) mass is 385 g/mol. The molecule has 0 bridgehead atoms. The Hall–Kier alpha value is -2.85. The van der Waals surface area contributed by atoms with Gasteiger partial charge in [0.05, 0.1) is 6.54 Å². The molecule has 0 aromatic rings. The molecule has 27 heavy (non-hydrogen) atoms. The van der Waals surface area contributed by atoms with Crippen molar-refractivity contribution in [1.82, 2.24) is 16.0 Å². The summed E-state index contributed by atoms with van der Waals surface area (Å²) in [5, 5.41) is 7.45. The van der Waals surface area contributed by atoms with Crippen molar-refractivity contribution in [3.63, 3.8) is 0 Å². The van der Waals surface area contributed by atoms with Gasteiger partial charge in [0.2, 0.25) is 23.6 Å². The summed E-state index contributed by atoms with van der Waals surface area (Å²) in [4.78, 5) is 50.6. The number of aliphatic imine (C=N–C) groups is 1. The SMILES string of the molecule is CC(=O)NC(CC(C)C)C(=O)NCC(=O)N[C@@H](CCCN=C(N)N)C(N)=O. The van der Waals surface area contributed by atoms with E-state index < -0.39 is 29.8 Å². The average Bonchev–Trinajstić information content (AvgIpc) is 2.53. The fourth-order valence-corrected chi connectivity index (χ4v) is 2.27. The van der Waals surface area contributed by atoms with Crippen LogP contribution in [0.1, 0.15) is 40.0 Å². The van der Waals surface area contributed by atoms with Crippen LogP contribution in [0.5, 0.6) is 0 Å². The summed E-state index contributed by atoms with van der Waals surface area (Å²) in [6, 6.07) is -1.63. The first-order valence-corrected chi connectivity index (χ1v) is 8.71. The number of carbonyl (C=O) groups is 4. The molecule has 0 radical (unpaired) electrons. The second kappa shape index (κ2) is 12.5. The summed E-state index contributed by atoms with van der Waals surface area (Å²) < 4.78 is 0. The van der Waals surface area contributed by atoms with Crippen LogP contribution in [0.3, 0.4) is 0 Å². The molecular formula is C16H31N7O4. The van der Waals surface area contributed by atoms with Crippen LogP contribution in [0.2, 0.25) is 0 Å². The van der Waals surface area contributed by atoms with Crippen LogP contribution in [0.15, 0.2) is 4.99 Å². The van der Waals surface area contributed by atoms with E-state index in [4.69, 9.17) is 17.2 Å². The van der Waals surface area contributed by atoms with E-state index in [9.17, 15) is 19.2 Å². The first kappa shape index (κ1) is 24.1. The Morgan fingerprint density at radius 2 is 1.63 bits per heavy atom. The highest BCUT2D eigenvalue weighted by Crippen LogP contribution is 2.05. The molecule has 0 heterocycles. The molecule has 1 unspecified atom stereocenters. The van der Waals surface area contributed by atoms with Crippen LogP contribution in [0.25, 0.3) is 0 Å². The van der Waals surface area contributed by atoms with Crippen molar-refractivity contribution in [2.24, 2.45) is 28.1 Å². The number of primary amides is 1. The molecule has 0 aromatic carbocycles. The second-order valence-electron chi connectivity index (χ2n) is 6.57. The number of carbonyl (C=O) groups excluding carboxylic acids is 4. The molecule has 154 valence electrons. The summed E-state index contributed by atoms with van der Waals surface area (Å²) in [6.45, 7) is 5.09. The molecule has 0 aromatic heterocycles. The van der Waals surface area contributed by atoms with Crippen LogP contribution in [-0.2, 0) is 19.2 Å². The van der Waals surface area contributed by atoms with E-state index in [1.807, 2.05) is 13.8 Å². The standard InChI is InChI=1S/C16H31N7O4/c1-9(2)7-12(22-10(3)24)15(27)21-8-13(25)23-11(14(17)26)5-4-6-20-16(18)19/h9,11-12H,4-8H2,1-3H3,(H2,17,26)(H,21,27)(H,22,24)(H,23,25)(H4,18,19,20)/t11-,12?/m0/s1. The molecule has 0 saturated carbocycles. The molecule has 0 aliphatic carbocycles. The molecule has 11 nitrogen and oxygen atoms in total. The van der Waals surface area contributed by atoms with Crippen molar-refractivity contribution in [2.45, 2.75) is 52.1 Å². The zero-order valence-corrected chi connectivity index (χ0v) is 16.1. The summed E-state index contributed by atoms with van der Waals surface area (Å²) >= 11 is 0. The molecule has 9 N–H and O–H groups in total. The van der Waals surface area contributed by atoms with Crippen molar-refractivity contribution in [3.05, 3.63) is 0 Å². The number of nitrogens with zero attached hydrogens (tertiary/aromatic N) is 1. The first-order valence-electron chi connectivity index (χ1n) is 8.71. The minimum atomic E-state index is -0.898. The van der Waals surface area contributed by atoms with Crippen molar-refractivity contribution in [1.29, 1.82) is 0 Å². The maximum absolute atomic E-state index is 12.2.